The number of benzene rings is 1. The first-order valence-corrected chi connectivity index (χ1v) is 5.52. The summed E-state index contributed by atoms with van der Waals surface area (Å²) in [6.45, 7) is -1.30. The summed E-state index contributed by atoms with van der Waals surface area (Å²) in [5, 5.41) is 1.81. The monoisotopic (exact) mass is 260 g/mol. The molecule has 0 aliphatic heterocycles. The summed E-state index contributed by atoms with van der Waals surface area (Å²) in [7, 11) is 0. The van der Waals surface area contributed by atoms with Crippen molar-refractivity contribution in [2.75, 3.05) is 6.54 Å². The summed E-state index contributed by atoms with van der Waals surface area (Å²) in [6.07, 6.45) is -4.09. The first-order valence-electron chi connectivity index (χ1n) is 5.52. The Kier molecular flexibility index (Phi) is 5.15. The van der Waals surface area contributed by atoms with Crippen molar-refractivity contribution < 1.29 is 18.0 Å². The highest BCUT2D eigenvalue weighted by molar-refractivity contribution is 5.75. The van der Waals surface area contributed by atoms with Gasteiger partial charge in [-0.25, -0.2) is 0 Å². The molecule has 0 aromatic heterocycles. The van der Waals surface area contributed by atoms with E-state index in [0.717, 1.165) is 5.56 Å². The maximum Gasteiger partial charge on any atom is 0.405 e. The van der Waals surface area contributed by atoms with Crippen LogP contribution in [0.5, 0.6) is 0 Å². The van der Waals surface area contributed by atoms with Gasteiger partial charge in [0.1, 0.15) is 6.54 Å². The van der Waals surface area contributed by atoms with Crippen LogP contribution < -0.4 is 11.1 Å². The van der Waals surface area contributed by atoms with Gasteiger partial charge in [0.25, 0.3) is 0 Å². The quantitative estimate of drug-likeness (QED) is 0.852. The molecular formula is C12H15F3N2O. The lowest BCUT2D eigenvalue weighted by atomic mass is 10.0. The molecule has 1 atom stereocenters. The number of carbonyl (C=O) groups excluding carboxylic acids is 1. The molecule has 0 aliphatic carbocycles. The fourth-order valence-electron chi connectivity index (χ4n) is 1.44. The molecular weight excluding hydrogens is 245 g/mol. The SMILES string of the molecule is NC(CCC(=O)NCC(F)(F)F)c1ccccc1. The van der Waals surface area contributed by atoms with E-state index in [4.69, 9.17) is 5.73 Å². The molecule has 0 heterocycles. The Balaban J connectivity index is 2.31. The molecule has 100 valence electrons. The van der Waals surface area contributed by atoms with E-state index in [-0.39, 0.29) is 12.5 Å². The van der Waals surface area contributed by atoms with Crippen LogP contribution in [0.2, 0.25) is 0 Å². The summed E-state index contributed by atoms with van der Waals surface area (Å²) in [5.41, 5.74) is 6.69. The fourth-order valence-corrected chi connectivity index (χ4v) is 1.44. The van der Waals surface area contributed by atoms with Gasteiger partial charge in [-0.1, -0.05) is 30.3 Å². The normalized spacial score (nSPS) is 13.1. The highest BCUT2D eigenvalue weighted by atomic mass is 19.4. The lowest BCUT2D eigenvalue weighted by molar-refractivity contribution is -0.138. The van der Waals surface area contributed by atoms with Crippen LogP contribution in [0.15, 0.2) is 30.3 Å². The predicted octanol–water partition coefficient (Wildman–Crippen LogP) is 2.15. The number of hydrogen-bond acceptors (Lipinski definition) is 2. The summed E-state index contributed by atoms with van der Waals surface area (Å²) >= 11 is 0. The van der Waals surface area contributed by atoms with E-state index in [2.05, 4.69) is 0 Å². The molecule has 18 heavy (non-hydrogen) atoms. The van der Waals surface area contributed by atoms with Gasteiger partial charge in [0.2, 0.25) is 5.91 Å². The Hall–Kier alpha value is -1.56. The molecule has 1 rings (SSSR count). The van der Waals surface area contributed by atoms with Gasteiger partial charge >= 0.3 is 6.18 Å². The van der Waals surface area contributed by atoms with Crippen molar-refractivity contribution in [3.63, 3.8) is 0 Å². The van der Waals surface area contributed by atoms with Crippen LogP contribution in [-0.4, -0.2) is 18.6 Å². The van der Waals surface area contributed by atoms with Gasteiger partial charge in [-0.05, 0) is 12.0 Å². The molecule has 0 fully saturated rings. The Morgan fingerprint density at radius 1 is 1.28 bits per heavy atom. The average molecular weight is 260 g/mol. The topological polar surface area (TPSA) is 55.1 Å². The minimum atomic E-state index is -4.38. The molecule has 0 spiro atoms. The summed E-state index contributed by atoms with van der Waals surface area (Å²) in [6, 6.07) is 8.77. The molecule has 0 saturated heterocycles. The van der Waals surface area contributed by atoms with Crippen molar-refractivity contribution in [3.05, 3.63) is 35.9 Å². The molecule has 0 saturated carbocycles. The molecule has 1 amide bonds. The van der Waals surface area contributed by atoms with Crippen LogP contribution in [0.1, 0.15) is 24.4 Å². The largest absolute Gasteiger partial charge is 0.405 e. The molecule has 6 heteroatoms. The van der Waals surface area contributed by atoms with Gasteiger partial charge in [-0.15, -0.1) is 0 Å². The zero-order chi connectivity index (χ0) is 13.6. The Morgan fingerprint density at radius 2 is 1.89 bits per heavy atom. The van der Waals surface area contributed by atoms with E-state index in [1.54, 1.807) is 0 Å². The van der Waals surface area contributed by atoms with Crippen LogP contribution in [0, 0.1) is 0 Å². The van der Waals surface area contributed by atoms with Crippen LogP contribution in [-0.2, 0) is 4.79 Å². The van der Waals surface area contributed by atoms with Crippen molar-refractivity contribution in [2.24, 2.45) is 5.73 Å². The summed E-state index contributed by atoms with van der Waals surface area (Å²) in [5.74, 6) is -0.640. The lowest BCUT2D eigenvalue weighted by Gasteiger charge is -2.12. The van der Waals surface area contributed by atoms with E-state index in [1.807, 2.05) is 35.6 Å². The number of amides is 1. The smallest absolute Gasteiger partial charge is 0.347 e. The standard InChI is InChI=1S/C12H15F3N2O/c13-12(14,15)8-17-11(18)7-6-10(16)9-4-2-1-3-5-9/h1-5,10H,6-8,16H2,(H,17,18). The third-order valence-electron chi connectivity index (χ3n) is 2.40. The minimum Gasteiger partial charge on any atom is -0.347 e. The van der Waals surface area contributed by atoms with Crippen LogP contribution >= 0.6 is 0 Å². The van der Waals surface area contributed by atoms with Gasteiger partial charge in [0, 0.05) is 12.5 Å². The van der Waals surface area contributed by atoms with Gasteiger partial charge in [0.15, 0.2) is 0 Å². The first kappa shape index (κ1) is 14.5. The first-order chi connectivity index (χ1) is 8.38. The maximum absolute atomic E-state index is 11.8. The zero-order valence-corrected chi connectivity index (χ0v) is 9.70. The number of nitrogens with two attached hydrogens (primary N) is 1. The fraction of sp³-hybridized carbons (Fsp3) is 0.417. The second kappa shape index (κ2) is 6.39. The van der Waals surface area contributed by atoms with Gasteiger partial charge in [-0.2, -0.15) is 13.2 Å². The summed E-state index contributed by atoms with van der Waals surface area (Å²) in [4.78, 5) is 11.2. The van der Waals surface area contributed by atoms with Gasteiger partial charge in [0.05, 0.1) is 0 Å². The number of hydrogen-bond donors (Lipinski definition) is 2. The predicted molar refractivity (Wildman–Crippen MR) is 61.7 cm³/mol. The van der Waals surface area contributed by atoms with E-state index in [9.17, 15) is 18.0 Å². The number of carbonyl (C=O) groups is 1. The van der Waals surface area contributed by atoms with Crippen molar-refractivity contribution >= 4 is 5.91 Å². The minimum absolute atomic E-state index is 0.0217. The van der Waals surface area contributed by atoms with Crippen LogP contribution in [0.3, 0.4) is 0 Å². The Morgan fingerprint density at radius 3 is 2.44 bits per heavy atom. The third-order valence-corrected chi connectivity index (χ3v) is 2.40. The Labute approximate surface area is 103 Å². The molecule has 3 N–H and O–H groups in total. The van der Waals surface area contributed by atoms with Crippen molar-refractivity contribution in [1.29, 1.82) is 0 Å². The zero-order valence-electron chi connectivity index (χ0n) is 9.70. The lowest BCUT2D eigenvalue weighted by Crippen LogP contribution is -2.33. The molecule has 1 unspecified atom stereocenters. The molecule has 0 bridgehead atoms. The highest BCUT2D eigenvalue weighted by Crippen LogP contribution is 2.15. The Bertz CT molecular complexity index is 379. The molecule has 0 aliphatic rings. The molecule has 1 aromatic carbocycles. The number of nitrogens with one attached hydrogen (secondary N) is 1. The van der Waals surface area contributed by atoms with Crippen LogP contribution in [0.25, 0.3) is 0 Å². The van der Waals surface area contributed by atoms with E-state index < -0.39 is 18.6 Å². The number of alkyl halides is 3. The number of halogens is 3. The maximum atomic E-state index is 11.8. The number of rotatable bonds is 5. The van der Waals surface area contributed by atoms with Crippen molar-refractivity contribution in [2.45, 2.75) is 25.1 Å². The van der Waals surface area contributed by atoms with E-state index in [1.165, 1.54) is 0 Å². The summed E-state index contributed by atoms with van der Waals surface area (Å²) < 4.78 is 35.5. The second-order valence-corrected chi connectivity index (χ2v) is 3.95. The van der Waals surface area contributed by atoms with E-state index in [0.29, 0.717) is 6.42 Å². The second-order valence-electron chi connectivity index (χ2n) is 3.95. The molecule has 3 nitrogen and oxygen atoms in total. The van der Waals surface area contributed by atoms with E-state index >= 15 is 0 Å². The van der Waals surface area contributed by atoms with Crippen molar-refractivity contribution in [3.8, 4) is 0 Å². The average Bonchev–Trinajstić information content (AvgIpc) is 2.33. The molecule has 0 radical (unpaired) electrons. The van der Waals surface area contributed by atoms with Crippen LogP contribution in [0.4, 0.5) is 13.2 Å². The van der Waals surface area contributed by atoms with Gasteiger partial charge < -0.3 is 11.1 Å². The highest BCUT2D eigenvalue weighted by Gasteiger charge is 2.27. The van der Waals surface area contributed by atoms with Crippen molar-refractivity contribution in [1.82, 2.24) is 5.32 Å². The third kappa shape index (κ3) is 5.67. The molecule has 1 aromatic rings. The van der Waals surface area contributed by atoms with Gasteiger partial charge in [-0.3, -0.25) is 4.79 Å².